The molecule has 3 fully saturated rings. The van der Waals surface area contributed by atoms with Gasteiger partial charge < -0.3 is 14.5 Å². The molecule has 4 rings (SSSR count). The average Bonchev–Trinajstić information content (AvgIpc) is 3.25. The van der Waals surface area contributed by atoms with E-state index in [0.29, 0.717) is 31.4 Å². The van der Waals surface area contributed by atoms with Crippen LogP contribution in [0.4, 0.5) is 0 Å². The van der Waals surface area contributed by atoms with Gasteiger partial charge in [-0.15, -0.1) is 0 Å². The van der Waals surface area contributed by atoms with Gasteiger partial charge in [0, 0.05) is 50.0 Å². The molecule has 128 valence electrons. The molecule has 5 heteroatoms. The number of likely N-dealkylation sites (tertiary alicyclic amines) is 2. The molecule has 0 saturated carbocycles. The van der Waals surface area contributed by atoms with Crippen molar-refractivity contribution in [1.82, 2.24) is 9.80 Å². The van der Waals surface area contributed by atoms with E-state index in [1.54, 1.807) is 0 Å². The van der Waals surface area contributed by atoms with Crippen LogP contribution < -0.4 is 0 Å². The number of carbonyl (C=O) groups is 2. The average molecular weight is 328 g/mol. The van der Waals surface area contributed by atoms with Crippen molar-refractivity contribution in [2.75, 3.05) is 32.8 Å². The molecule has 3 saturated heterocycles. The highest BCUT2D eigenvalue weighted by Crippen LogP contribution is 2.35. The fraction of sp³-hybridized carbons (Fsp3) is 0.579. The smallest absolute Gasteiger partial charge is 0.253 e. The maximum absolute atomic E-state index is 12.7. The van der Waals surface area contributed by atoms with Gasteiger partial charge in [0.1, 0.15) is 0 Å². The maximum atomic E-state index is 12.7. The molecule has 0 unspecified atom stereocenters. The van der Waals surface area contributed by atoms with Crippen LogP contribution in [0.1, 0.15) is 28.8 Å². The molecule has 2 amide bonds. The second-order valence-corrected chi connectivity index (χ2v) is 7.32. The van der Waals surface area contributed by atoms with Crippen LogP contribution in [0.15, 0.2) is 24.3 Å². The Balaban J connectivity index is 1.42. The third-order valence-electron chi connectivity index (χ3n) is 5.62. The molecule has 1 aromatic rings. The van der Waals surface area contributed by atoms with Crippen molar-refractivity contribution in [2.24, 2.45) is 11.8 Å². The lowest BCUT2D eigenvalue weighted by Gasteiger charge is -2.24. The first-order chi connectivity index (χ1) is 11.6. The van der Waals surface area contributed by atoms with Crippen molar-refractivity contribution in [3.05, 3.63) is 35.4 Å². The Morgan fingerprint density at radius 1 is 1.33 bits per heavy atom. The summed E-state index contributed by atoms with van der Waals surface area (Å²) in [6, 6.07) is 7.75. The van der Waals surface area contributed by atoms with Gasteiger partial charge in [-0.1, -0.05) is 17.7 Å². The number of fused-ring (bicyclic) bond motifs is 1. The van der Waals surface area contributed by atoms with Crippen molar-refractivity contribution in [1.29, 1.82) is 0 Å². The Bertz CT molecular complexity index is 660. The molecule has 0 spiro atoms. The fourth-order valence-corrected chi connectivity index (χ4v) is 4.29. The zero-order valence-electron chi connectivity index (χ0n) is 14.1. The molecule has 1 aromatic carbocycles. The minimum atomic E-state index is 0.0905. The van der Waals surface area contributed by atoms with E-state index in [1.807, 2.05) is 41.0 Å². The maximum Gasteiger partial charge on any atom is 0.253 e. The first-order valence-electron chi connectivity index (χ1n) is 8.87. The van der Waals surface area contributed by atoms with Gasteiger partial charge in [0.25, 0.3) is 5.91 Å². The number of ether oxygens (including phenoxy) is 1. The summed E-state index contributed by atoms with van der Waals surface area (Å²) < 4.78 is 5.94. The number of carbonyl (C=O) groups excluding carboxylic acids is 2. The molecule has 3 atom stereocenters. The third kappa shape index (κ3) is 2.81. The summed E-state index contributed by atoms with van der Waals surface area (Å²) in [4.78, 5) is 28.5. The predicted molar refractivity (Wildman–Crippen MR) is 89.6 cm³/mol. The van der Waals surface area contributed by atoms with Gasteiger partial charge in [0.15, 0.2) is 0 Å². The Kier molecular flexibility index (Phi) is 4.04. The summed E-state index contributed by atoms with van der Waals surface area (Å²) in [5.74, 6) is 1.07. The normalized spacial score (nSPS) is 29.4. The first-order valence-corrected chi connectivity index (χ1v) is 8.87. The van der Waals surface area contributed by atoms with Crippen LogP contribution in [-0.4, -0.2) is 60.5 Å². The largest absolute Gasteiger partial charge is 0.376 e. The standard InChI is InChI=1S/C19H24N2O3/c1-13-4-2-5-14(8-13)19(23)21-10-16-15(12-24-17(16)11-21)9-20-7-3-6-18(20)22/h2,4-5,8,15-17H,3,6-7,9-12H2,1H3/t15-,16-,17-/m1/s1. The van der Waals surface area contributed by atoms with E-state index in [9.17, 15) is 9.59 Å². The number of benzene rings is 1. The summed E-state index contributed by atoms with van der Waals surface area (Å²) in [7, 11) is 0. The van der Waals surface area contributed by atoms with Gasteiger partial charge in [0.05, 0.1) is 12.7 Å². The monoisotopic (exact) mass is 328 g/mol. The van der Waals surface area contributed by atoms with E-state index in [1.165, 1.54) is 0 Å². The van der Waals surface area contributed by atoms with Crippen molar-refractivity contribution < 1.29 is 14.3 Å². The lowest BCUT2D eigenvalue weighted by atomic mass is 9.93. The lowest BCUT2D eigenvalue weighted by Crippen LogP contribution is -2.36. The molecule has 3 heterocycles. The minimum Gasteiger partial charge on any atom is -0.376 e. The topological polar surface area (TPSA) is 49.9 Å². The van der Waals surface area contributed by atoms with Gasteiger partial charge >= 0.3 is 0 Å². The zero-order valence-corrected chi connectivity index (χ0v) is 14.1. The second-order valence-electron chi connectivity index (χ2n) is 7.32. The van der Waals surface area contributed by atoms with Crippen LogP contribution in [0.3, 0.4) is 0 Å². The number of amides is 2. The number of rotatable bonds is 3. The highest BCUT2D eigenvalue weighted by molar-refractivity contribution is 5.94. The van der Waals surface area contributed by atoms with E-state index in [2.05, 4.69) is 0 Å². The van der Waals surface area contributed by atoms with Gasteiger partial charge in [-0.2, -0.15) is 0 Å². The Labute approximate surface area is 142 Å². The molecule has 24 heavy (non-hydrogen) atoms. The first kappa shape index (κ1) is 15.6. The van der Waals surface area contributed by atoms with Crippen molar-refractivity contribution in [3.8, 4) is 0 Å². The van der Waals surface area contributed by atoms with E-state index >= 15 is 0 Å². The quantitative estimate of drug-likeness (QED) is 0.849. The van der Waals surface area contributed by atoms with Crippen molar-refractivity contribution >= 4 is 11.8 Å². The van der Waals surface area contributed by atoms with Crippen LogP contribution in [-0.2, 0) is 9.53 Å². The number of nitrogens with zero attached hydrogens (tertiary/aromatic N) is 2. The van der Waals surface area contributed by atoms with Crippen molar-refractivity contribution in [2.45, 2.75) is 25.9 Å². The molecular formula is C19H24N2O3. The molecule has 0 N–H and O–H groups in total. The van der Waals surface area contributed by atoms with Gasteiger partial charge in [-0.05, 0) is 25.5 Å². The van der Waals surface area contributed by atoms with Crippen LogP contribution in [0.25, 0.3) is 0 Å². The molecule has 3 aliphatic rings. The molecule has 0 aromatic heterocycles. The van der Waals surface area contributed by atoms with Gasteiger partial charge in [-0.3, -0.25) is 9.59 Å². The Morgan fingerprint density at radius 2 is 2.21 bits per heavy atom. The fourth-order valence-electron chi connectivity index (χ4n) is 4.29. The summed E-state index contributed by atoms with van der Waals surface area (Å²) in [5, 5.41) is 0. The predicted octanol–water partition coefficient (Wildman–Crippen LogP) is 1.70. The number of hydrogen-bond acceptors (Lipinski definition) is 3. The Morgan fingerprint density at radius 3 is 2.96 bits per heavy atom. The van der Waals surface area contributed by atoms with E-state index < -0.39 is 0 Å². The van der Waals surface area contributed by atoms with E-state index in [-0.39, 0.29) is 17.9 Å². The highest BCUT2D eigenvalue weighted by Gasteiger charge is 2.46. The lowest BCUT2D eigenvalue weighted by molar-refractivity contribution is -0.128. The summed E-state index contributed by atoms with van der Waals surface area (Å²) >= 11 is 0. The SMILES string of the molecule is Cc1cccc(C(=O)N2C[C@@H]3[C@H](CN4CCCC4=O)CO[C@@H]3C2)c1. The minimum absolute atomic E-state index is 0.0905. The Hall–Kier alpha value is -1.88. The van der Waals surface area contributed by atoms with Crippen LogP contribution in [0, 0.1) is 18.8 Å². The molecule has 5 nitrogen and oxygen atoms in total. The summed E-state index contributed by atoms with van der Waals surface area (Å²) in [6.07, 6.45) is 1.78. The molecule has 0 aliphatic carbocycles. The molecular weight excluding hydrogens is 304 g/mol. The second kappa shape index (κ2) is 6.20. The summed E-state index contributed by atoms with van der Waals surface area (Å²) in [6.45, 7) is 5.78. The van der Waals surface area contributed by atoms with E-state index in [4.69, 9.17) is 4.74 Å². The van der Waals surface area contributed by atoms with Gasteiger partial charge in [-0.25, -0.2) is 0 Å². The van der Waals surface area contributed by atoms with Crippen LogP contribution in [0.5, 0.6) is 0 Å². The molecule has 0 bridgehead atoms. The third-order valence-corrected chi connectivity index (χ3v) is 5.62. The zero-order chi connectivity index (χ0) is 16.7. The number of aryl methyl sites for hydroxylation is 1. The van der Waals surface area contributed by atoms with Gasteiger partial charge in [0.2, 0.25) is 5.91 Å². The van der Waals surface area contributed by atoms with Crippen molar-refractivity contribution in [3.63, 3.8) is 0 Å². The molecule has 0 radical (unpaired) electrons. The van der Waals surface area contributed by atoms with Crippen LogP contribution >= 0.6 is 0 Å². The number of hydrogen-bond donors (Lipinski definition) is 0. The van der Waals surface area contributed by atoms with E-state index in [0.717, 1.165) is 37.2 Å². The van der Waals surface area contributed by atoms with Crippen LogP contribution in [0.2, 0.25) is 0 Å². The molecule has 3 aliphatic heterocycles. The summed E-state index contributed by atoms with van der Waals surface area (Å²) in [5.41, 5.74) is 1.85. The highest BCUT2D eigenvalue weighted by atomic mass is 16.5.